The monoisotopic (exact) mass is 508 g/mol. The van der Waals surface area contributed by atoms with Gasteiger partial charge in [0.2, 0.25) is 16.0 Å². The maximum Gasteiger partial charge on any atom is 0.219 e. The number of morpholine rings is 1. The molecule has 0 saturated carbocycles. The molecule has 0 bridgehead atoms. The van der Waals surface area contributed by atoms with Gasteiger partial charge >= 0.3 is 0 Å². The van der Waals surface area contributed by atoms with Crippen LogP contribution in [0.25, 0.3) is 10.4 Å². The smallest absolute Gasteiger partial charge is 0.219 e. The van der Waals surface area contributed by atoms with Crippen molar-refractivity contribution in [1.82, 2.24) is 29.1 Å². The lowest BCUT2D eigenvalue weighted by atomic mass is 10.1. The lowest BCUT2D eigenvalue weighted by Crippen LogP contribution is -2.58. The van der Waals surface area contributed by atoms with Crippen molar-refractivity contribution in [3.8, 4) is 10.4 Å². The van der Waals surface area contributed by atoms with E-state index in [-0.39, 0.29) is 12.0 Å². The summed E-state index contributed by atoms with van der Waals surface area (Å²) >= 11 is 1.77. The number of ether oxygens (including phenoxy) is 1. The second-order valence-electron chi connectivity index (χ2n) is 8.98. The number of hydrogen-bond acceptors (Lipinski definition) is 11. The molecule has 11 nitrogen and oxygen atoms in total. The maximum atomic E-state index is 11.9. The summed E-state index contributed by atoms with van der Waals surface area (Å²) in [6, 6.07) is 2.47. The average Bonchev–Trinajstić information content (AvgIpc) is 3.27. The highest BCUT2D eigenvalue weighted by atomic mass is 32.2. The van der Waals surface area contributed by atoms with Crippen LogP contribution in [0.2, 0.25) is 0 Å². The lowest BCUT2D eigenvalue weighted by molar-refractivity contribution is 0.00755. The molecule has 2 N–H and O–H groups in total. The van der Waals surface area contributed by atoms with E-state index in [1.165, 1.54) is 16.8 Å². The largest absolute Gasteiger partial charge is 0.379 e. The predicted octanol–water partition coefficient (Wildman–Crippen LogP) is 0.710. The van der Waals surface area contributed by atoms with Crippen LogP contribution in [0.1, 0.15) is 17.8 Å². The molecule has 34 heavy (non-hydrogen) atoms. The number of fused-ring (bicyclic) bond motifs is 1. The fraction of sp³-hybridized carbons (Fsp3) is 0.619. The highest BCUT2D eigenvalue weighted by Crippen LogP contribution is 2.45. The summed E-state index contributed by atoms with van der Waals surface area (Å²) in [4.78, 5) is 15.6. The van der Waals surface area contributed by atoms with Crippen molar-refractivity contribution in [3.05, 3.63) is 23.3 Å². The molecule has 5 rings (SSSR count). The molecule has 0 aliphatic carbocycles. The van der Waals surface area contributed by atoms with Crippen LogP contribution in [0.15, 0.2) is 18.5 Å². The van der Waals surface area contributed by atoms with Gasteiger partial charge in [0.1, 0.15) is 0 Å². The Balaban J connectivity index is 1.39. The summed E-state index contributed by atoms with van der Waals surface area (Å²) in [7, 11) is -3.13. The normalized spacial score (nSPS) is 23.8. The van der Waals surface area contributed by atoms with Crippen molar-refractivity contribution in [3.63, 3.8) is 0 Å². The van der Waals surface area contributed by atoms with Crippen molar-refractivity contribution in [2.75, 3.05) is 82.8 Å². The highest BCUT2D eigenvalue weighted by Gasteiger charge is 2.36. The number of hydrazine groups is 1. The first kappa shape index (κ1) is 23.9. The van der Waals surface area contributed by atoms with Gasteiger partial charge in [0, 0.05) is 73.0 Å². The van der Waals surface area contributed by atoms with E-state index in [9.17, 15) is 8.42 Å². The van der Waals surface area contributed by atoms with Crippen LogP contribution >= 0.6 is 11.3 Å². The first-order valence-corrected chi connectivity index (χ1v) is 14.2. The second kappa shape index (κ2) is 9.64. The molecule has 2 fully saturated rings. The van der Waals surface area contributed by atoms with Gasteiger partial charge in [-0.3, -0.25) is 14.8 Å². The van der Waals surface area contributed by atoms with Crippen molar-refractivity contribution in [2.45, 2.75) is 13.0 Å². The third-order valence-corrected chi connectivity index (χ3v) is 9.37. The fourth-order valence-corrected chi connectivity index (χ4v) is 6.75. The van der Waals surface area contributed by atoms with Gasteiger partial charge in [-0.25, -0.2) is 23.4 Å². The molecular formula is C21H32N8O3S2. The van der Waals surface area contributed by atoms with Gasteiger partial charge < -0.3 is 10.5 Å². The molecule has 1 atom stereocenters. The molecular weight excluding hydrogens is 476 g/mol. The van der Waals surface area contributed by atoms with Crippen LogP contribution in [0, 0.1) is 0 Å². The summed E-state index contributed by atoms with van der Waals surface area (Å²) in [6.45, 7) is 9.51. The molecule has 0 spiro atoms. The van der Waals surface area contributed by atoms with Crippen LogP contribution in [-0.4, -0.2) is 110 Å². The van der Waals surface area contributed by atoms with E-state index in [1.54, 1.807) is 28.0 Å². The minimum atomic E-state index is -3.13. The van der Waals surface area contributed by atoms with E-state index >= 15 is 0 Å². The van der Waals surface area contributed by atoms with Gasteiger partial charge in [0.15, 0.2) is 0 Å². The second-order valence-corrected chi connectivity index (χ2v) is 12.0. The van der Waals surface area contributed by atoms with Gasteiger partial charge in [0.05, 0.1) is 38.5 Å². The molecule has 13 heteroatoms. The number of rotatable bonds is 5. The van der Waals surface area contributed by atoms with Crippen molar-refractivity contribution >= 4 is 33.0 Å². The van der Waals surface area contributed by atoms with Crippen LogP contribution < -0.4 is 10.7 Å². The SMILES string of the molecule is C[C@@H]1c2sc(-c3cnc(N)nc3)cc2N(N2CCOCC2)CN1CN1CCN(S(C)(=O)=O)CC1. The molecule has 2 aromatic rings. The van der Waals surface area contributed by atoms with E-state index < -0.39 is 10.0 Å². The lowest BCUT2D eigenvalue weighted by Gasteiger charge is -2.48. The number of hydrogen-bond donors (Lipinski definition) is 1. The highest BCUT2D eigenvalue weighted by molar-refractivity contribution is 7.88. The molecule has 0 aromatic carbocycles. The maximum absolute atomic E-state index is 11.9. The van der Waals surface area contributed by atoms with E-state index in [0.29, 0.717) is 13.1 Å². The predicted molar refractivity (Wildman–Crippen MR) is 133 cm³/mol. The summed E-state index contributed by atoms with van der Waals surface area (Å²) in [6.07, 6.45) is 4.85. The molecule has 0 unspecified atom stereocenters. The third kappa shape index (κ3) is 4.91. The standard InChI is InChI=1S/C21H32N8O3S2/c1-16-20-18(11-19(33-20)17-12-23-21(22)24-13-17)29(27-7-9-32-10-8-27)15-26(16)14-25-3-5-28(6-4-25)34(2,30)31/h11-13,16H,3-10,14-15H2,1-2H3,(H2,22,23,24)/t16-/m1/s1. The van der Waals surface area contributed by atoms with E-state index in [0.717, 1.165) is 63.2 Å². The number of nitrogen functional groups attached to an aromatic ring is 1. The minimum Gasteiger partial charge on any atom is -0.379 e. The number of piperazine rings is 1. The first-order valence-electron chi connectivity index (χ1n) is 11.5. The van der Waals surface area contributed by atoms with E-state index in [4.69, 9.17) is 10.5 Å². The molecule has 2 saturated heterocycles. The Morgan fingerprint density at radius 3 is 2.44 bits per heavy atom. The molecule has 0 amide bonds. The zero-order valence-corrected chi connectivity index (χ0v) is 21.3. The number of aromatic nitrogens is 2. The van der Waals surface area contributed by atoms with Crippen LogP contribution in [0.3, 0.4) is 0 Å². The van der Waals surface area contributed by atoms with E-state index in [1.807, 2.05) is 0 Å². The number of nitrogens with two attached hydrogens (primary N) is 1. The Labute approximate surface area is 204 Å². The average molecular weight is 509 g/mol. The third-order valence-electron chi connectivity index (χ3n) is 6.73. The van der Waals surface area contributed by atoms with Crippen molar-refractivity contribution < 1.29 is 13.2 Å². The Kier molecular flexibility index (Phi) is 6.77. The van der Waals surface area contributed by atoms with Crippen LogP contribution in [-0.2, 0) is 14.8 Å². The Morgan fingerprint density at radius 2 is 1.79 bits per heavy atom. The summed E-state index contributed by atoms with van der Waals surface area (Å²) in [5, 5.41) is 4.75. The molecule has 3 aliphatic rings. The molecule has 3 aliphatic heterocycles. The molecule has 0 radical (unpaired) electrons. The first-order chi connectivity index (χ1) is 16.3. The number of sulfonamides is 1. The quantitative estimate of drug-likeness (QED) is 0.620. The minimum absolute atomic E-state index is 0.230. The molecule has 5 heterocycles. The van der Waals surface area contributed by atoms with Gasteiger partial charge in [-0.2, -0.15) is 4.31 Å². The summed E-state index contributed by atoms with van der Waals surface area (Å²) in [5.41, 5.74) is 7.88. The van der Waals surface area contributed by atoms with Crippen molar-refractivity contribution in [2.24, 2.45) is 0 Å². The summed E-state index contributed by atoms with van der Waals surface area (Å²) < 4.78 is 30.9. The molecule has 186 valence electrons. The van der Waals surface area contributed by atoms with Crippen LogP contribution in [0.5, 0.6) is 0 Å². The van der Waals surface area contributed by atoms with Crippen LogP contribution in [0.4, 0.5) is 11.6 Å². The number of thiophene rings is 1. The topological polar surface area (TPSA) is 111 Å². The zero-order chi connectivity index (χ0) is 23.9. The Morgan fingerprint density at radius 1 is 1.12 bits per heavy atom. The molecule has 2 aromatic heterocycles. The zero-order valence-electron chi connectivity index (χ0n) is 19.6. The number of anilines is 2. The number of nitrogens with zero attached hydrogens (tertiary/aromatic N) is 7. The van der Waals surface area contributed by atoms with Gasteiger partial charge in [-0.15, -0.1) is 11.3 Å². The van der Waals surface area contributed by atoms with Gasteiger partial charge in [0.25, 0.3) is 0 Å². The van der Waals surface area contributed by atoms with Crippen molar-refractivity contribution in [1.29, 1.82) is 0 Å². The van der Waals surface area contributed by atoms with E-state index in [2.05, 4.69) is 42.8 Å². The Bertz CT molecular complexity index is 1100. The summed E-state index contributed by atoms with van der Waals surface area (Å²) in [5.74, 6) is 0.274. The van der Waals surface area contributed by atoms with Gasteiger partial charge in [-0.1, -0.05) is 0 Å². The van der Waals surface area contributed by atoms with Gasteiger partial charge in [-0.05, 0) is 13.0 Å². The fourth-order valence-electron chi connectivity index (χ4n) is 4.70. The Hall–Kier alpha value is -1.87.